The highest BCUT2D eigenvalue weighted by molar-refractivity contribution is 6.35. The summed E-state index contributed by atoms with van der Waals surface area (Å²) in [6.07, 6.45) is -0.583. The first kappa shape index (κ1) is 9.98. The highest BCUT2D eigenvalue weighted by atomic mass is 16.3. The molecule has 5 heteroatoms. The number of piperazine rings is 1. The zero-order valence-corrected chi connectivity index (χ0v) is 7.86. The van der Waals surface area contributed by atoms with Crippen LogP contribution in [0.4, 0.5) is 0 Å². The zero-order valence-electron chi connectivity index (χ0n) is 7.86. The van der Waals surface area contributed by atoms with Crippen molar-refractivity contribution >= 4 is 11.8 Å². The first-order valence-corrected chi connectivity index (χ1v) is 4.25. The van der Waals surface area contributed by atoms with Crippen LogP contribution in [0.2, 0.25) is 0 Å². The molecule has 13 heavy (non-hydrogen) atoms. The highest BCUT2D eigenvalue weighted by Crippen LogP contribution is 2.03. The van der Waals surface area contributed by atoms with Crippen molar-refractivity contribution in [2.75, 3.05) is 26.7 Å². The second-order valence-electron chi connectivity index (χ2n) is 3.33. The molecular formula is C8H14N2O3. The Bertz CT molecular complexity index is 227. The SMILES string of the molecule is C[C@H](O)CN1CCN(C)C(=O)C1=O. The number of hydrogen-bond donors (Lipinski definition) is 1. The normalized spacial score (nSPS) is 20.8. The Labute approximate surface area is 76.9 Å². The summed E-state index contributed by atoms with van der Waals surface area (Å²) in [6, 6.07) is 0. The van der Waals surface area contributed by atoms with Gasteiger partial charge in [0.05, 0.1) is 6.10 Å². The molecule has 0 saturated carbocycles. The molecule has 1 aliphatic rings. The third kappa shape index (κ3) is 2.18. The number of carbonyl (C=O) groups excluding carboxylic acids is 2. The van der Waals surface area contributed by atoms with Crippen molar-refractivity contribution in [3.05, 3.63) is 0 Å². The maximum atomic E-state index is 11.3. The minimum absolute atomic E-state index is 0.235. The number of aliphatic hydroxyl groups excluding tert-OH is 1. The van der Waals surface area contributed by atoms with E-state index in [1.54, 1.807) is 14.0 Å². The molecule has 0 aromatic carbocycles. The van der Waals surface area contributed by atoms with Gasteiger partial charge in [-0.1, -0.05) is 0 Å². The molecule has 0 unspecified atom stereocenters. The van der Waals surface area contributed by atoms with Crippen molar-refractivity contribution in [3.63, 3.8) is 0 Å². The molecule has 1 heterocycles. The molecule has 0 aliphatic carbocycles. The van der Waals surface area contributed by atoms with Crippen molar-refractivity contribution < 1.29 is 14.7 Å². The van der Waals surface area contributed by atoms with Gasteiger partial charge < -0.3 is 14.9 Å². The fourth-order valence-corrected chi connectivity index (χ4v) is 1.27. The molecule has 0 aromatic rings. The van der Waals surface area contributed by atoms with Crippen LogP contribution in [-0.2, 0) is 9.59 Å². The molecule has 0 aromatic heterocycles. The fourth-order valence-electron chi connectivity index (χ4n) is 1.27. The zero-order chi connectivity index (χ0) is 10.0. The molecule has 1 saturated heterocycles. The molecule has 0 bridgehead atoms. The maximum Gasteiger partial charge on any atom is 0.312 e. The Kier molecular flexibility index (Phi) is 2.87. The van der Waals surface area contributed by atoms with Crippen LogP contribution in [0.1, 0.15) is 6.92 Å². The van der Waals surface area contributed by atoms with Crippen LogP contribution >= 0.6 is 0 Å². The summed E-state index contributed by atoms with van der Waals surface area (Å²) in [7, 11) is 1.60. The summed E-state index contributed by atoms with van der Waals surface area (Å²) >= 11 is 0. The van der Waals surface area contributed by atoms with Gasteiger partial charge in [0, 0.05) is 26.7 Å². The predicted molar refractivity (Wildman–Crippen MR) is 45.9 cm³/mol. The van der Waals surface area contributed by atoms with E-state index < -0.39 is 17.9 Å². The number of nitrogens with zero attached hydrogens (tertiary/aromatic N) is 2. The number of rotatable bonds is 2. The van der Waals surface area contributed by atoms with Gasteiger partial charge >= 0.3 is 11.8 Å². The summed E-state index contributed by atoms with van der Waals surface area (Å²) in [5.41, 5.74) is 0. The standard InChI is InChI=1S/C8H14N2O3/c1-6(11)5-10-4-3-9(2)7(12)8(10)13/h6,11H,3-5H2,1-2H3/t6-/m0/s1. The Morgan fingerprint density at radius 1 is 1.38 bits per heavy atom. The number of β-amino-alcohol motifs (C(OH)–C–C–N with tert-alkyl or cyclic N) is 1. The summed E-state index contributed by atoms with van der Waals surface area (Å²) in [5, 5.41) is 9.06. The molecule has 5 nitrogen and oxygen atoms in total. The van der Waals surface area contributed by atoms with E-state index >= 15 is 0 Å². The van der Waals surface area contributed by atoms with E-state index in [1.165, 1.54) is 9.80 Å². The van der Waals surface area contributed by atoms with E-state index in [4.69, 9.17) is 5.11 Å². The number of likely N-dealkylation sites (N-methyl/N-ethyl adjacent to an activating group) is 1. The van der Waals surface area contributed by atoms with Crippen LogP contribution in [0.15, 0.2) is 0 Å². The van der Waals surface area contributed by atoms with E-state index in [9.17, 15) is 9.59 Å². The fraction of sp³-hybridized carbons (Fsp3) is 0.750. The van der Waals surface area contributed by atoms with E-state index in [0.29, 0.717) is 13.1 Å². The van der Waals surface area contributed by atoms with Crippen LogP contribution < -0.4 is 0 Å². The van der Waals surface area contributed by atoms with Crippen molar-refractivity contribution in [1.29, 1.82) is 0 Å². The van der Waals surface area contributed by atoms with Crippen molar-refractivity contribution in [3.8, 4) is 0 Å². The van der Waals surface area contributed by atoms with Crippen molar-refractivity contribution in [1.82, 2.24) is 9.80 Å². The van der Waals surface area contributed by atoms with Gasteiger partial charge in [-0.3, -0.25) is 9.59 Å². The molecular weight excluding hydrogens is 172 g/mol. The van der Waals surface area contributed by atoms with Gasteiger partial charge in [-0.15, -0.1) is 0 Å². The number of aliphatic hydroxyl groups is 1. The van der Waals surface area contributed by atoms with E-state index in [0.717, 1.165) is 0 Å². The monoisotopic (exact) mass is 186 g/mol. The molecule has 0 radical (unpaired) electrons. The Hall–Kier alpha value is -1.10. The molecule has 74 valence electrons. The van der Waals surface area contributed by atoms with Gasteiger partial charge in [-0.2, -0.15) is 0 Å². The lowest BCUT2D eigenvalue weighted by Crippen LogP contribution is -2.54. The van der Waals surface area contributed by atoms with Gasteiger partial charge in [0.15, 0.2) is 0 Å². The molecule has 1 aliphatic heterocycles. The van der Waals surface area contributed by atoms with Gasteiger partial charge in [-0.05, 0) is 6.92 Å². The Morgan fingerprint density at radius 2 is 2.00 bits per heavy atom. The average Bonchev–Trinajstić information content (AvgIpc) is 2.06. The van der Waals surface area contributed by atoms with Crippen molar-refractivity contribution in [2.45, 2.75) is 13.0 Å². The Morgan fingerprint density at radius 3 is 2.54 bits per heavy atom. The average molecular weight is 186 g/mol. The minimum Gasteiger partial charge on any atom is -0.392 e. The summed E-state index contributed by atoms with van der Waals surface area (Å²) in [6.45, 7) is 2.87. The first-order chi connectivity index (χ1) is 6.02. The van der Waals surface area contributed by atoms with Gasteiger partial charge in [0.1, 0.15) is 0 Å². The molecule has 1 atom stereocenters. The van der Waals surface area contributed by atoms with E-state index in [-0.39, 0.29) is 6.54 Å². The lowest BCUT2D eigenvalue weighted by Gasteiger charge is -2.32. The smallest absolute Gasteiger partial charge is 0.312 e. The summed E-state index contributed by atoms with van der Waals surface area (Å²) in [5.74, 6) is -1.01. The quantitative estimate of drug-likeness (QED) is 0.543. The second kappa shape index (κ2) is 3.74. The molecule has 2 amide bonds. The highest BCUT2D eigenvalue weighted by Gasteiger charge is 2.30. The van der Waals surface area contributed by atoms with Crippen LogP contribution in [0, 0.1) is 0 Å². The van der Waals surface area contributed by atoms with E-state index in [2.05, 4.69) is 0 Å². The van der Waals surface area contributed by atoms with Crippen LogP contribution in [-0.4, -0.2) is 59.5 Å². The molecule has 1 N–H and O–H groups in total. The van der Waals surface area contributed by atoms with Gasteiger partial charge in [0.25, 0.3) is 0 Å². The van der Waals surface area contributed by atoms with Gasteiger partial charge in [0.2, 0.25) is 0 Å². The molecule has 0 spiro atoms. The third-order valence-corrected chi connectivity index (χ3v) is 2.01. The third-order valence-electron chi connectivity index (χ3n) is 2.01. The first-order valence-electron chi connectivity index (χ1n) is 4.25. The largest absolute Gasteiger partial charge is 0.392 e. The lowest BCUT2D eigenvalue weighted by atomic mass is 10.2. The summed E-state index contributed by atoms with van der Waals surface area (Å²) in [4.78, 5) is 25.2. The lowest BCUT2D eigenvalue weighted by molar-refractivity contribution is -0.155. The van der Waals surface area contributed by atoms with Crippen LogP contribution in [0.3, 0.4) is 0 Å². The summed E-state index contributed by atoms with van der Waals surface area (Å²) < 4.78 is 0. The number of carbonyl (C=O) groups is 2. The molecule has 1 rings (SSSR count). The van der Waals surface area contributed by atoms with Crippen molar-refractivity contribution in [2.24, 2.45) is 0 Å². The predicted octanol–water partition coefficient (Wildman–Crippen LogP) is -1.33. The van der Waals surface area contributed by atoms with Gasteiger partial charge in [-0.25, -0.2) is 0 Å². The maximum absolute atomic E-state index is 11.3. The van der Waals surface area contributed by atoms with E-state index in [1.807, 2.05) is 0 Å². The minimum atomic E-state index is -0.583. The Balaban J connectivity index is 2.59. The number of amides is 2. The number of hydrogen-bond acceptors (Lipinski definition) is 3. The van der Waals surface area contributed by atoms with Crippen LogP contribution in [0.25, 0.3) is 0 Å². The van der Waals surface area contributed by atoms with Crippen LogP contribution in [0.5, 0.6) is 0 Å². The topological polar surface area (TPSA) is 60.9 Å². The second-order valence-corrected chi connectivity index (χ2v) is 3.33. The molecule has 1 fully saturated rings.